The molecule has 0 aromatic heterocycles. The van der Waals surface area contributed by atoms with E-state index in [0.717, 1.165) is 5.56 Å². The van der Waals surface area contributed by atoms with E-state index in [1.54, 1.807) is 40.4 Å². The number of hydrogen-bond donors (Lipinski definition) is 2. The Balaban J connectivity index is 2.76. The molecule has 5 heteroatoms. The average molecular weight is 269 g/mol. The molecule has 1 aromatic rings. The van der Waals surface area contributed by atoms with E-state index in [2.05, 4.69) is 5.32 Å². The maximum absolute atomic E-state index is 10.5. The summed E-state index contributed by atoms with van der Waals surface area (Å²) in [7, 11) is 4.81. The van der Waals surface area contributed by atoms with Crippen molar-refractivity contribution >= 4 is 0 Å². The molecule has 19 heavy (non-hydrogen) atoms. The minimum absolute atomic E-state index is 0.436. The highest BCUT2D eigenvalue weighted by Crippen LogP contribution is 2.31. The van der Waals surface area contributed by atoms with Crippen LogP contribution in [0.1, 0.15) is 12.5 Å². The van der Waals surface area contributed by atoms with Gasteiger partial charge in [0.15, 0.2) is 11.5 Å². The second-order valence-corrected chi connectivity index (χ2v) is 4.51. The number of ether oxygens (including phenoxy) is 3. The lowest BCUT2D eigenvalue weighted by molar-refractivity contribution is 0.0547. The van der Waals surface area contributed by atoms with Gasteiger partial charge >= 0.3 is 0 Å². The summed E-state index contributed by atoms with van der Waals surface area (Å²) in [5.41, 5.74) is -0.206. The van der Waals surface area contributed by atoms with Crippen LogP contribution in [0.15, 0.2) is 18.2 Å². The fraction of sp³-hybridized carbons (Fsp3) is 0.571. The van der Waals surface area contributed by atoms with E-state index in [0.29, 0.717) is 31.2 Å². The molecule has 1 aromatic carbocycles. The van der Waals surface area contributed by atoms with Gasteiger partial charge in [-0.15, -0.1) is 0 Å². The Morgan fingerprint density at radius 2 is 1.84 bits per heavy atom. The molecule has 0 aliphatic heterocycles. The van der Waals surface area contributed by atoms with E-state index in [-0.39, 0.29) is 0 Å². The van der Waals surface area contributed by atoms with Crippen molar-refractivity contribution < 1.29 is 19.3 Å². The van der Waals surface area contributed by atoms with E-state index in [4.69, 9.17) is 14.2 Å². The molecule has 0 spiro atoms. The molecule has 0 aliphatic rings. The van der Waals surface area contributed by atoms with Gasteiger partial charge in [0.2, 0.25) is 0 Å². The monoisotopic (exact) mass is 269 g/mol. The second-order valence-electron chi connectivity index (χ2n) is 4.51. The first kappa shape index (κ1) is 15.8. The van der Waals surface area contributed by atoms with Crippen LogP contribution >= 0.6 is 0 Å². The van der Waals surface area contributed by atoms with Crippen LogP contribution in [0.3, 0.4) is 0 Å². The summed E-state index contributed by atoms with van der Waals surface area (Å²) in [6.07, 6.45) is 0. The Morgan fingerprint density at radius 3 is 2.42 bits per heavy atom. The van der Waals surface area contributed by atoms with Crippen LogP contribution < -0.4 is 14.8 Å². The van der Waals surface area contributed by atoms with Crippen LogP contribution in [-0.4, -0.2) is 46.1 Å². The summed E-state index contributed by atoms with van der Waals surface area (Å²) in [5, 5.41) is 13.6. The van der Waals surface area contributed by atoms with E-state index < -0.39 is 5.60 Å². The lowest BCUT2D eigenvalue weighted by atomic mass is 9.95. The molecule has 1 rings (SSSR count). The smallest absolute Gasteiger partial charge is 0.161 e. The minimum atomic E-state index is -0.979. The maximum atomic E-state index is 10.5. The molecule has 108 valence electrons. The Labute approximate surface area is 114 Å². The van der Waals surface area contributed by atoms with Gasteiger partial charge in [-0.05, 0) is 24.6 Å². The summed E-state index contributed by atoms with van der Waals surface area (Å²) in [5.74, 6) is 1.26. The van der Waals surface area contributed by atoms with Crippen LogP contribution in [0.2, 0.25) is 0 Å². The fourth-order valence-electron chi connectivity index (χ4n) is 1.78. The number of hydrogen-bond acceptors (Lipinski definition) is 5. The van der Waals surface area contributed by atoms with Crippen molar-refractivity contribution in [1.29, 1.82) is 0 Å². The van der Waals surface area contributed by atoms with Crippen molar-refractivity contribution in [3.05, 3.63) is 23.8 Å². The largest absolute Gasteiger partial charge is 0.493 e. The van der Waals surface area contributed by atoms with Gasteiger partial charge in [0.1, 0.15) is 0 Å². The molecule has 0 saturated heterocycles. The molecule has 1 unspecified atom stereocenters. The quantitative estimate of drug-likeness (QED) is 0.693. The molecule has 0 saturated carbocycles. The van der Waals surface area contributed by atoms with Gasteiger partial charge in [-0.3, -0.25) is 0 Å². The fourth-order valence-corrected chi connectivity index (χ4v) is 1.78. The first-order valence-electron chi connectivity index (χ1n) is 6.19. The van der Waals surface area contributed by atoms with Gasteiger partial charge in [-0.25, -0.2) is 0 Å². The van der Waals surface area contributed by atoms with Gasteiger partial charge in [-0.2, -0.15) is 0 Å². The third-order valence-corrected chi connectivity index (χ3v) is 2.96. The molecular weight excluding hydrogens is 246 g/mol. The van der Waals surface area contributed by atoms with Crippen LogP contribution in [-0.2, 0) is 10.3 Å². The van der Waals surface area contributed by atoms with Crippen LogP contribution in [0.25, 0.3) is 0 Å². The molecule has 0 bridgehead atoms. The van der Waals surface area contributed by atoms with Gasteiger partial charge < -0.3 is 24.6 Å². The van der Waals surface area contributed by atoms with E-state index in [1.807, 2.05) is 6.07 Å². The predicted molar refractivity (Wildman–Crippen MR) is 73.9 cm³/mol. The highest BCUT2D eigenvalue weighted by atomic mass is 16.5. The number of aliphatic hydroxyl groups is 1. The standard InChI is InChI=1S/C14H23NO4/c1-14(16,10-15-7-8-17-2)11-5-6-12(18-3)13(9-11)19-4/h5-6,9,15-16H,7-8,10H2,1-4H3. The van der Waals surface area contributed by atoms with Crippen LogP contribution in [0.5, 0.6) is 11.5 Å². The second kappa shape index (κ2) is 7.33. The summed E-state index contributed by atoms with van der Waals surface area (Å²) in [4.78, 5) is 0. The van der Waals surface area contributed by atoms with Crippen molar-refractivity contribution in [3.63, 3.8) is 0 Å². The average Bonchev–Trinajstić information content (AvgIpc) is 2.42. The van der Waals surface area contributed by atoms with Crippen molar-refractivity contribution in [2.24, 2.45) is 0 Å². The number of methoxy groups -OCH3 is 3. The van der Waals surface area contributed by atoms with Gasteiger partial charge in [0.05, 0.1) is 26.4 Å². The maximum Gasteiger partial charge on any atom is 0.161 e. The zero-order chi connectivity index (χ0) is 14.3. The highest BCUT2D eigenvalue weighted by Gasteiger charge is 2.24. The molecule has 0 fully saturated rings. The first-order valence-corrected chi connectivity index (χ1v) is 6.19. The molecule has 0 heterocycles. The van der Waals surface area contributed by atoms with Crippen LogP contribution in [0, 0.1) is 0 Å². The summed E-state index contributed by atoms with van der Waals surface area (Å²) in [6.45, 7) is 3.50. The summed E-state index contributed by atoms with van der Waals surface area (Å²) in [6, 6.07) is 5.41. The molecule has 2 N–H and O–H groups in total. The van der Waals surface area contributed by atoms with E-state index in [9.17, 15) is 5.11 Å². The number of nitrogens with one attached hydrogen (secondary N) is 1. The lowest BCUT2D eigenvalue weighted by Crippen LogP contribution is -2.36. The normalized spacial score (nSPS) is 13.9. The van der Waals surface area contributed by atoms with Crippen molar-refractivity contribution in [3.8, 4) is 11.5 Å². The van der Waals surface area contributed by atoms with Crippen molar-refractivity contribution in [1.82, 2.24) is 5.32 Å². The molecule has 0 radical (unpaired) electrons. The molecular formula is C14H23NO4. The summed E-state index contributed by atoms with van der Waals surface area (Å²) >= 11 is 0. The van der Waals surface area contributed by atoms with Crippen molar-refractivity contribution in [2.75, 3.05) is 41.0 Å². The Kier molecular flexibility index (Phi) is 6.08. The highest BCUT2D eigenvalue weighted by molar-refractivity contribution is 5.44. The Bertz CT molecular complexity index is 393. The van der Waals surface area contributed by atoms with Gasteiger partial charge in [0.25, 0.3) is 0 Å². The van der Waals surface area contributed by atoms with Gasteiger partial charge in [-0.1, -0.05) is 6.07 Å². The zero-order valence-electron chi connectivity index (χ0n) is 12.0. The van der Waals surface area contributed by atoms with Crippen molar-refractivity contribution in [2.45, 2.75) is 12.5 Å². The van der Waals surface area contributed by atoms with E-state index >= 15 is 0 Å². The predicted octanol–water partition coefficient (Wildman–Crippen LogP) is 1.15. The minimum Gasteiger partial charge on any atom is -0.493 e. The topological polar surface area (TPSA) is 60.0 Å². The Hall–Kier alpha value is -1.30. The third kappa shape index (κ3) is 4.38. The third-order valence-electron chi connectivity index (χ3n) is 2.96. The van der Waals surface area contributed by atoms with E-state index in [1.165, 1.54) is 0 Å². The summed E-state index contributed by atoms with van der Waals surface area (Å²) < 4.78 is 15.4. The zero-order valence-corrected chi connectivity index (χ0v) is 12.0. The molecule has 5 nitrogen and oxygen atoms in total. The SMILES string of the molecule is COCCNCC(C)(O)c1ccc(OC)c(OC)c1. The molecule has 0 aliphatic carbocycles. The van der Waals surface area contributed by atoms with Gasteiger partial charge in [0, 0.05) is 20.2 Å². The first-order chi connectivity index (χ1) is 9.05. The lowest BCUT2D eigenvalue weighted by Gasteiger charge is -2.25. The number of rotatable bonds is 8. The Morgan fingerprint density at radius 1 is 1.16 bits per heavy atom. The molecule has 1 atom stereocenters. The molecule has 0 amide bonds. The number of benzene rings is 1. The van der Waals surface area contributed by atoms with Crippen LogP contribution in [0.4, 0.5) is 0 Å².